The highest BCUT2D eigenvalue weighted by Crippen LogP contribution is 2.30. The number of aliphatic hydroxyl groups excluding tert-OH is 1. The first-order valence-corrected chi connectivity index (χ1v) is 10.2. The van der Waals surface area contributed by atoms with Gasteiger partial charge in [0.15, 0.2) is 11.6 Å². The lowest BCUT2D eigenvalue weighted by molar-refractivity contribution is 0.311. The minimum absolute atomic E-state index is 0.00965. The fourth-order valence-electron chi connectivity index (χ4n) is 3.45. The third-order valence-corrected chi connectivity index (χ3v) is 5.02. The van der Waals surface area contributed by atoms with Gasteiger partial charge in [0.2, 0.25) is 11.2 Å². The van der Waals surface area contributed by atoms with Crippen molar-refractivity contribution in [2.75, 3.05) is 41.8 Å². The average molecular weight is 414 g/mol. The van der Waals surface area contributed by atoms with Crippen LogP contribution in [0.4, 0.5) is 17.6 Å². The number of nitrogens with one attached hydrogen (secondary N) is 2. The Kier molecular flexibility index (Phi) is 6.21. The highest BCUT2D eigenvalue weighted by Gasteiger charge is 2.21. The molecule has 4 rings (SSSR count). The normalized spacial score (nSPS) is 14.2. The number of aromatic nitrogens is 4. The largest absolute Gasteiger partial charge is 0.395 e. The molecule has 0 aliphatic carbocycles. The summed E-state index contributed by atoms with van der Waals surface area (Å²) >= 11 is 6.27. The SMILES string of the molecule is OCCNc1nc(NCc2ccccc2)c2nc(Cl)nc(N3CCCCC3)c2n1. The third kappa shape index (κ3) is 4.65. The summed E-state index contributed by atoms with van der Waals surface area (Å²) in [5.74, 6) is 1.74. The van der Waals surface area contributed by atoms with E-state index >= 15 is 0 Å². The van der Waals surface area contributed by atoms with Gasteiger partial charge in [0, 0.05) is 26.2 Å². The molecule has 9 heteroatoms. The van der Waals surface area contributed by atoms with Crippen molar-refractivity contribution in [2.45, 2.75) is 25.8 Å². The molecule has 1 aliphatic rings. The minimum atomic E-state index is -0.00965. The maximum Gasteiger partial charge on any atom is 0.225 e. The number of hydrogen-bond acceptors (Lipinski definition) is 8. The lowest BCUT2D eigenvalue weighted by Gasteiger charge is -2.28. The van der Waals surface area contributed by atoms with E-state index < -0.39 is 0 Å². The van der Waals surface area contributed by atoms with Gasteiger partial charge in [-0.05, 0) is 36.4 Å². The third-order valence-electron chi connectivity index (χ3n) is 4.85. The second-order valence-corrected chi connectivity index (χ2v) is 7.28. The monoisotopic (exact) mass is 413 g/mol. The molecule has 1 aliphatic heterocycles. The summed E-state index contributed by atoms with van der Waals surface area (Å²) in [5, 5.41) is 15.8. The van der Waals surface area contributed by atoms with Crippen LogP contribution in [0.1, 0.15) is 24.8 Å². The van der Waals surface area contributed by atoms with E-state index in [1.165, 1.54) is 6.42 Å². The second kappa shape index (κ2) is 9.19. The van der Waals surface area contributed by atoms with Gasteiger partial charge < -0.3 is 20.6 Å². The van der Waals surface area contributed by atoms with Crippen LogP contribution in [0.5, 0.6) is 0 Å². The number of anilines is 3. The van der Waals surface area contributed by atoms with E-state index in [0.717, 1.165) is 37.3 Å². The van der Waals surface area contributed by atoms with E-state index in [9.17, 15) is 5.11 Å². The number of hydrogen-bond donors (Lipinski definition) is 3. The molecule has 0 bridgehead atoms. The molecule has 3 aromatic rings. The Hall–Kier alpha value is -2.71. The number of nitrogens with zero attached hydrogens (tertiary/aromatic N) is 5. The quantitative estimate of drug-likeness (QED) is 0.508. The first-order chi connectivity index (χ1) is 14.2. The van der Waals surface area contributed by atoms with Crippen LogP contribution in [0.25, 0.3) is 11.0 Å². The maximum absolute atomic E-state index is 9.17. The second-order valence-electron chi connectivity index (χ2n) is 6.95. The molecule has 0 atom stereocenters. The van der Waals surface area contributed by atoms with Gasteiger partial charge in [0.05, 0.1) is 6.61 Å². The van der Waals surface area contributed by atoms with Gasteiger partial charge in [-0.25, -0.2) is 9.97 Å². The first kappa shape index (κ1) is 19.6. The smallest absolute Gasteiger partial charge is 0.225 e. The lowest BCUT2D eigenvalue weighted by Crippen LogP contribution is -2.30. The van der Waals surface area contributed by atoms with Crippen molar-refractivity contribution < 1.29 is 5.11 Å². The van der Waals surface area contributed by atoms with Gasteiger partial charge in [-0.2, -0.15) is 9.97 Å². The van der Waals surface area contributed by atoms with E-state index in [4.69, 9.17) is 11.6 Å². The van der Waals surface area contributed by atoms with Crippen LogP contribution in [0.3, 0.4) is 0 Å². The van der Waals surface area contributed by atoms with E-state index in [1.54, 1.807) is 0 Å². The van der Waals surface area contributed by atoms with Gasteiger partial charge in [0.1, 0.15) is 11.0 Å². The van der Waals surface area contributed by atoms with E-state index in [1.807, 2.05) is 30.3 Å². The zero-order chi connectivity index (χ0) is 20.1. The molecule has 3 N–H and O–H groups in total. The van der Waals surface area contributed by atoms with E-state index in [0.29, 0.717) is 35.9 Å². The van der Waals surface area contributed by atoms with Crippen molar-refractivity contribution in [1.29, 1.82) is 0 Å². The summed E-state index contributed by atoms with van der Waals surface area (Å²) in [5.41, 5.74) is 2.37. The van der Waals surface area contributed by atoms with Gasteiger partial charge >= 0.3 is 0 Å². The molecule has 0 saturated carbocycles. The van der Waals surface area contributed by atoms with Gasteiger partial charge in [0.25, 0.3) is 0 Å². The molecule has 8 nitrogen and oxygen atoms in total. The molecule has 29 heavy (non-hydrogen) atoms. The summed E-state index contributed by atoms with van der Waals surface area (Å²) in [4.78, 5) is 20.3. The Morgan fingerprint density at radius 2 is 1.72 bits per heavy atom. The Bertz CT molecular complexity index is 964. The van der Waals surface area contributed by atoms with Crippen LogP contribution in [0.2, 0.25) is 5.28 Å². The molecule has 3 heterocycles. The van der Waals surface area contributed by atoms with Crippen LogP contribution in [0, 0.1) is 0 Å². The van der Waals surface area contributed by atoms with Crippen LogP contribution >= 0.6 is 11.6 Å². The fraction of sp³-hybridized carbons (Fsp3) is 0.400. The number of halogens is 1. The van der Waals surface area contributed by atoms with Crippen LogP contribution in [-0.2, 0) is 6.54 Å². The molecule has 2 aromatic heterocycles. The Labute approximate surface area is 174 Å². The molecular weight excluding hydrogens is 390 g/mol. The molecule has 1 saturated heterocycles. The number of piperidine rings is 1. The van der Waals surface area contributed by atoms with E-state index in [2.05, 4.69) is 35.5 Å². The molecule has 152 valence electrons. The average Bonchev–Trinajstić information content (AvgIpc) is 2.77. The van der Waals surface area contributed by atoms with Gasteiger partial charge in [-0.3, -0.25) is 0 Å². The number of aliphatic hydroxyl groups is 1. The van der Waals surface area contributed by atoms with Crippen LogP contribution in [-0.4, -0.2) is 51.3 Å². The minimum Gasteiger partial charge on any atom is -0.395 e. The molecule has 0 amide bonds. The number of fused-ring (bicyclic) bond motifs is 1. The summed E-state index contributed by atoms with van der Waals surface area (Å²) in [6, 6.07) is 10.1. The summed E-state index contributed by atoms with van der Waals surface area (Å²) in [6.45, 7) is 2.77. The van der Waals surface area contributed by atoms with Crippen molar-refractivity contribution in [2.24, 2.45) is 0 Å². The number of rotatable bonds is 7. The summed E-state index contributed by atoms with van der Waals surface area (Å²) < 4.78 is 0. The van der Waals surface area contributed by atoms with Crippen molar-refractivity contribution in [3.8, 4) is 0 Å². The Balaban J connectivity index is 1.76. The highest BCUT2D eigenvalue weighted by molar-refractivity contribution is 6.29. The number of benzene rings is 1. The Morgan fingerprint density at radius 3 is 2.48 bits per heavy atom. The summed E-state index contributed by atoms with van der Waals surface area (Å²) in [6.07, 6.45) is 3.45. The molecule has 1 fully saturated rings. The Morgan fingerprint density at radius 1 is 0.931 bits per heavy atom. The maximum atomic E-state index is 9.17. The highest BCUT2D eigenvalue weighted by atomic mass is 35.5. The predicted octanol–water partition coefficient (Wildman–Crippen LogP) is 3.08. The van der Waals surface area contributed by atoms with E-state index in [-0.39, 0.29) is 11.9 Å². The van der Waals surface area contributed by atoms with Crippen LogP contribution < -0.4 is 15.5 Å². The summed E-state index contributed by atoms with van der Waals surface area (Å²) in [7, 11) is 0. The van der Waals surface area contributed by atoms with Crippen molar-refractivity contribution >= 4 is 40.2 Å². The standard InChI is InChI=1S/C20H24ClN7O/c21-19-24-15-16(18(27-19)28-10-5-2-6-11-28)25-20(22-9-12-29)26-17(15)23-13-14-7-3-1-4-8-14/h1,3-4,7-8,29H,2,5-6,9-13H2,(H2,22,23,25,26). The molecular formula is C20H24ClN7O. The van der Waals surface area contributed by atoms with Crippen molar-refractivity contribution in [1.82, 2.24) is 19.9 Å². The first-order valence-electron chi connectivity index (χ1n) is 9.87. The topological polar surface area (TPSA) is 99.1 Å². The van der Waals surface area contributed by atoms with Gasteiger partial charge in [-0.15, -0.1) is 0 Å². The fourth-order valence-corrected chi connectivity index (χ4v) is 3.62. The molecule has 0 radical (unpaired) electrons. The zero-order valence-corrected chi connectivity index (χ0v) is 16.9. The van der Waals surface area contributed by atoms with Crippen molar-refractivity contribution in [3.63, 3.8) is 0 Å². The van der Waals surface area contributed by atoms with Crippen LogP contribution in [0.15, 0.2) is 30.3 Å². The zero-order valence-electron chi connectivity index (χ0n) is 16.1. The molecule has 0 unspecified atom stereocenters. The molecule has 0 spiro atoms. The van der Waals surface area contributed by atoms with Gasteiger partial charge in [-0.1, -0.05) is 30.3 Å². The van der Waals surface area contributed by atoms with Crippen molar-refractivity contribution in [3.05, 3.63) is 41.2 Å². The molecule has 1 aromatic carbocycles. The predicted molar refractivity (Wildman–Crippen MR) is 116 cm³/mol. The lowest BCUT2D eigenvalue weighted by atomic mass is 10.1.